The second kappa shape index (κ2) is 11.1. The molecule has 1 aliphatic heterocycles. The molecule has 0 bridgehead atoms. The van der Waals surface area contributed by atoms with E-state index in [1.54, 1.807) is 12.1 Å². The second-order valence-corrected chi connectivity index (χ2v) is 10.2. The van der Waals surface area contributed by atoms with E-state index in [9.17, 15) is 9.59 Å². The summed E-state index contributed by atoms with van der Waals surface area (Å²) < 4.78 is 5.49. The first-order valence-corrected chi connectivity index (χ1v) is 12.7. The van der Waals surface area contributed by atoms with Gasteiger partial charge in [0.25, 0.3) is 5.91 Å². The minimum Gasteiger partial charge on any atom is -0.356 e. The molecule has 8 nitrogen and oxygen atoms in total. The second-order valence-electron chi connectivity index (χ2n) is 10.2. The fourth-order valence-electron chi connectivity index (χ4n) is 4.69. The van der Waals surface area contributed by atoms with Crippen LogP contribution in [0.15, 0.2) is 40.9 Å². The molecule has 36 heavy (non-hydrogen) atoms. The number of benzene rings is 2. The van der Waals surface area contributed by atoms with Gasteiger partial charge >= 0.3 is 0 Å². The highest BCUT2D eigenvalue weighted by atomic mass is 16.5. The van der Waals surface area contributed by atoms with Gasteiger partial charge in [0.1, 0.15) is 0 Å². The molecule has 0 atom stereocenters. The molecule has 0 aliphatic carbocycles. The first-order chi connectivity index (χ1) is 17.2. The van der Waals surface area contributed by atoms with Crippen LogP contribution in [-0.2, 0) is 22.7 Å². The van der Waals surface area contributed by atoms with Crippen molar-refractivity contribution in [3.63, 3.8) is 0 Å². The summed E-state index contributed by atoms with van der Waals surface area (Å²) in [5, 5.41) is 11.7. The van der Waals surface area contributed by atoms with Crippen LogP contribution in [-0.4, -0.2) is 53.7 Å². The number of likely N-dealkylation sites (N-methyl/N-ethyl adjacent to an activating group) is 1. The summed E-state index contributed by atoms with van der Waals surface area (Å²) in [5.41, 5.74) is 5.69. The van der Waals surface area contributed by atoms with Crippen molar-refractivity contribution in [3.8, 4) is 0 Å². The predicted octanol–water partition coefficient (Wildman–Crippen LogP) is 4.19. The van der Waals surface area contributed by atoms with Gasteiger partial charge in [0.2, 0.25) is 5.91 Å². The van der Waals surface area contributed by atoms with Crippen LogP contribution < -0.4 is 10.2 Å². The number of carbonyl (C=O) groups excluding carboxylic acids is 2. The van der Waals surface area contributed by atoms with E-state index < -0.39 is 0 Å². The van der Waals surface area contributed by atoms with Crippen LogP contribution >= 0.6 is 0 Å². The van der Waals surface area contributed by atoms with Gasteiger partial charge in [-0.15, -0.1) is 0 Å². The minimum absolute atomic E-state index is 0.0717. The molecule has 2 aromatic carbocycles. The van der Waals surface area contributed by atoms with Crippen molar-refractivity contribution in [1.29, 1.82) is 0 Å². The van der Waals surface area contributed by atoms with Crippen LogP contribution in [0.25, 0.3) is 11.0 Å². The van der Waals surface area contributed by atoms with E-state index in [2.05, 4.69) is 36.5 Å². The van der Waals surface area contributed by atoms with Crippen LogP contribution in [0.3, 0.4) is 0 Å². The van der Waals surface area contributed by atoms with E-state index >= 15 is 0 Å². The molecule has 0 unspecified atom stereocenters. The van der Waals surface area contributed by atoms with Gasteiger partial charge in [-0.05, 0) is 55.4 Å². The van der Waals surface area contributed by atoms with E-state index in [1.807, 2.05) is 48.0 Å². The Kier molecular flexibility index (Phi) is 7.94. The van der Waals surface area contributed by atoms with Crippen molar-refractivity contribution in [2.45, 2.75) is 53.6 Å². The van der Waals surface area contributed by atoms with Gasteiger partial charge in [-0.1, -0.05) is 43.3 Å². The van der Waals surface area contributed by atoms with Crippen molar-refractivity contribution in [2.75, 3.05) is 31.6 Å². The molecular weight excluding hydrogens is 454 g/mol. The first kappa shape index (κ1) is 25.7. The van der Waals surface area contributed by atoms with Crippen molar-refractivity contribution in [2.24, 2.45) is 5.92 Å². The van der Waals surface area contributed by atoms with E-state index in [0.717, 1.165) is 35.2 Å². The molecule has 1 N–H and O–H groups in total. The molecule has 0 spiro atoms. The first-order valence-electron chi connectivity index (χ1n) is 12.7. The fraction of sp³-hybridized carbons (Fsp3) is 0.464. The van der Waals surface area contributed by atoms with Gasteiger partial charge in [0.15, 0.2) is 5.58 Å². The predicted molar refractivity (Wildman–Crippen MR) is 141 cm³/mol. The molecule has 1 aliphatic rings. The van der Waals surface area contributed by atoms with E-state index in [0.29, 0.717) is 31.1 Å². The third-order valence-corrected chi connectivity index (χ3v) is 6.86. The number of hydrogen-bond acceptors (Lipinski definition) is 6. The lowest BCUT2D eigenvalue weighted by Gasteiger charge is -2.32. The highest BCUT2D eigenvalue weighted by molar-refractivity contribution is 5.90. The van der Waals surface area contributed by atoms with Crippen molar-refractivity contribution in [3.05, 3.63) is 58.8 Å². The number of aromatic nitrogens is 1. The SMILES string of the molecule is Cc1cc2c(C)noc2cc1N(CC(=O)NCCCC(C)C)CC(=O)N(C)N1Cc2ccccc2C1. The van der Waals surface area contributed by atoms with Gasteiger partial charge < -0.3 is 14.7 Å². The molecule has 192 valence electrons. The molecule has 3 aromatic rings. The van der Waals surface area contributed by atoms with Crippen LogP contribution in [0.5, 0.6) is 0 Å². The maximum atomic E-state index is 13.4. The summed E-state index contributed by atoms with van der Waals surface area (Å²) in [4.78, 5) is 28.2. The van der Waals surface area contributed by atoms with E-state index in [1.165, 1.54) is 11.1 Å². The Balaban J connectivity index is 1.50. The van der Waals surface area contributed by atoms with E-state index in [-0.39, 0.29) is 24.9 Å². The lowest BCUT2D eigenvalue weighted by molar-refractivity contribution is -0.145. The van der Waals surface area contributed by atoms with Gasteiger partial charge in [0, 0.05) is 43.8 Å². The molecule has 2 amide bonds. The van der Waals surface area contributed by atoms with Crippen LogP contribution in [0.1, 0.15) is 49.1 Å². The summed E-state index contributed by atoms with van der Waals surface area (Å²) in [6.45, 7) is 10.4. The quantitative estimate of drug-likeness (QED) is 0.428. The Morgan fingerprint density at radius 2 is 1.81 bits per heavy atom. The Hall–Kier alpha value is -3.39. The third kappa shape index (κ3) is 5.87. The average molecular weight is 492 g/mol. The molecule has 0 saturated heterocycles. The lowest BCUT2D eigenvalue weighted by atomic mass is 10.1. The number of anilines is 1. The summed E-state index contributed by atoms with van der Waals surface area (Å²) in [6, 6.07) is 12.1. The highest BCUT2D eigenvalue weighted by Gasteiger charge is 2.27. The Morgan fingerprint density at radius 1 is 1.11 bits per heavy atom. The normalized spacial score (nSPS) is 13.3. The average Bonchev–Trinajstić information content (AvgIpc) is 3.43. The standard InChI is InChI=1S/C28H37N5O3/c1-19(2)9-8-12-29-27(34)17-32(25-14-26-24(13-20(25)3)21(4)30-36-26)18-28(35)31(5)33-15-22-10-6-7-11-23(22)16-33/h6-7,10-11,13-14,19H,8-9,12,15-18H2,1-5H3,(H,29,34). The zero-order chi connectivity index (χ0) is 25.8. The summed E-state index contributed by atoms with van der Waals surface area (Å²) in [7, 11) is 1.80. The van der Waals surface area contributed by atoms with Gasteiger partial charge in [-0.25, -0.2) is 5.01 Å². The topological polar surface area (TPSA) is 81.9 Å². The fourth-order valence-corrected chi connectivity index (χ4v) is 4.69. The maximum Gasteiger partial charge on any atom is 0.256 e. The molecule has 1 aromatic heterocycles. The lowest BCUT2D eigenvalue weighted by Crippen LogP contribution is -2.48. The van der Waals surface area contributed by atoms with Crippen molar-refractivity contribution < 1.29 is 14.1 Å². The molecular formula is C28H37N5O3. The maximum absolute atomic E-state index is 13.4. The number of amides is 2. The number of carbonyl (C=O) groups is 2. The Bertz CT molecular complexity index is 1210. The smallest absolute Gasteiger partial charge is 0.256 e. The number of nitrogens with zero attached hydrogens (tertiary/aromatic N) is 4. The number of hydrogen-bond donors (Lipinski definition) is 1. The van der Waals surface area contributed by atoms with E-state index in [4.69, 9.17) is 4.52 Å². The monoisotopic (exact) mass is 491 g/mol. The van der Waals surface area contributed by atoms with Crippen LogP contribution in [0, 0.1) is 19.8 Å². The number of rotatable bonds is 10. The van der Waals surface area contributed by atoms with Gasteiger partial charge in [0.05, 0.1) is 18.8 Å². The molecule has 0 saturated carbocycles. The molecule has 2 heterocycles. The molecule has 0 radical (unpaired) electrons. The third-order valence-electron chi connectivity index (χ3n) is 6.86. The Labute approximate surface area is 213 Å². The highest BCUT2D eigenvalue weighted by Crippen LogP contribution is 2.29. The van der Waals surface area contributed by atoms with Crippen molar-refractivity contribution in [1.82, 2.24) is 20.5 Å². The van der Waals surface area contributed by atoms with Gasteiger partial charge in [-0.2, -0.15) is 0 Å². The number of hydrazine groups is 1. The largest absolute Gasteiger partial charge is 0.356 e. The zero-order valence-corrected chi connectivity index (χ0v) is 22.0. The van der Waals surface area contributed by atoms with Gasteiger partial charge in [-0.3, -0.25) is 14.6 Å². The Morgan fingerprint density at radius 3 is 2.47 bits per heavy atom. The van der Waals surface area contributed by atoms with Crippen LogP contribution in [0.4, 0.5) is 5.69 Å². The minimum atomic E-state index is -0.101. The molecule has 4 rings (SSSR count). The number of fused-ring (bicyclic) bond motifs is 2. The number of nitrogens with one attached hydrogen (secondary N) is 1. The van der Waals surface area contributed by atoms with Crippen molar-refractivity contribution >= 4 is 28.5 Å². The molecule has 0 fully saturated rings. The number of aryl methyl sites for hydroxylation is 2. The molecule has 8 heteroatoms. The summed E-state index contributed by atoms with van der Waals surface area (Å²) in [5.74, 6) is 0.419. The summed E-state index contributed by atoms with van der Waals surface area (Å²) >= 11 is 0. The summed E-state index contributed by atoms with van der Waals surface area (Å²) in [6.07, 6.45) is 2.00. The van der Waals surface area contributed by atoms with Crippen LogP contribution in [0.2, 0.25) is 0 Å². The zero-order valence-electron chi connectivity index (χ0n) is 22.0.